The second kappa shape index (κ2) is 7.07. The second-order valence-corrected chi connectivity index (χ2v) is 7.49. The van der Waals surface area contributed by atoms with Gasteiger partial charge in [0, 0.05) is 43.9 Å². The van der Waals surface area contributed by atoms with E-state index in [1.54, 1.807) is 11.3 Å². The van der Waals surface area contributed by atoms with Crippen molar-refractivity contribution in [2.24, 2.45) is 11.8 Å². The minimum atomic E-state index is 0.452. The standard InChI is InChI=1S/C16H27N3OS/c1-12(2)15-13(5-9-20-15)11-18-14-3-7-19(8-4-14)16-17-6-10-21-16/h6,10,12-15,18H,3-5,7-9,11H2,1-2H3/t13-,15-/m1/s1. The largest absolute Gasteiger partial charge is 0.378 e. The molecule has 2 aliphatic heterocycles. The van der Waals surface area contributed by atoms with Crippen molar-refractivity contribution in [1.82, 2.24) is 10.3 Å². The van der Waals surface area contributed by atoms with Gasteiger partial charge in [0.25, 0.3) is 0 Å². The zero-order valence-corrected chi connectivity index (χ0v) is 13.9. The van der Waals surface area contributed by atoms with Crippen LogP contribution in [0.4, 0.5) is 5.13 Å². The monoisotopic (exact) mass is 309 g/mol. The molecule has 0 saturated carbocycles. The number of nitrogens with one attached hydrogen (secondary N) is 1. The average Bonchev–Trinajstić information content (AvgIpc) is 3.17. The molecule has 5 heteroatoms. The fourth-order valence-corrected chi connectivity index (χ4v) is 4.27. The van der Waals surface area contributed by atoms with Gasteiger partial charge in [0.1, 0.15) is 0 Å². The highest BCUT2D eigenvalue weighted by Gasteiger charge is 2.31. The van der Waals surface area contributed by atoms with Crippen LogP contribution in [-0.2, 0) is 4.74 Å². The summed E-state index contributed by atoms with van der Waals surface area (Å²) in [5, 5.41) is 7.03. The first-order chi connectivity index (χ1) is 10.2. The molecule has 3 rings (SSSR count). The van der Waals surface area contributed by atoms with Crippen LogP contribution >= 0.6 is 11.3 Å². The summed E-state index contributed by atoms with van der Waals surface area (Å²) < 4.78 is 5.88. The van der Waals surface area contributed by atoms with Crippen LogP contribution in [0, 0.1) is 11.8 Å². The normalized spacial score (nSPS) is 27.7. The van der Waals surface area contributed by atoms with Gasteiger partial charge in [-0.1, -0.05) is 13.8 Å². The maximum absolute atomic E-state index is 5.88. The van der Waals surface area contributed by atoms with E-state index in [1.165, 1.54) is 24.4 Å². The topological polar surface area (TPSA) is 37.4 Å². The molecule has 2 atom stereocenters. The minimum absolute atomic E-state index is 0.452. The predicted molar refractivity (Wildman–Crippen MR) is 88.0 cm³/mol. The Bertz CT molecular complexity index is 415. The first-order valence-corrected chi connectivity index (χ1v) is 9.11. The number of piperidine rings is 1. The van der Waals surface area contributed by atoms with Crippen LogP contribution < -0.4 is 10.2 Å². The lowest BCUT2D eigenvalue weighted by molar-refractivity contribution is 0.0532. The summed E-state index contributed by atoms with van der Waals surface area (Å²) in [5.74, 6) is 1.33. The SMILES string of the molecule is CC(C)[C@H]1OCC[C@@H]1CNC1CCN(c2nccs2)CC1. The summed E-state index contributed by atoms with van der Waals surface area (Å²) in [4.78, 5) is 6.83. The van der Waals surface area contributed by atoms with E-state index in [0.717, 1.165) is 26.2 Å². The molecular weight excluding hydrogens is 282 g/mol. The van der Waals surface area contributed by atoms with Gasteiger partial charge >= 0.3 is 0 Å². The first-order valence-electron chi connectivity index (χ1n) is 8.23. The average molecular weight is 309 g/mol. The van der Waals surface area contributed by atoms with Gasteiger partial charge in [-0.25, -0.2) is 4.98 Å². The molecule has 21 heavy (non-hydrogen) atoms. The summed E-state index contributed by atoms with van der Waals surface area (Å²) in [7, 11) is 0. The third-order valence-corrected chi connectivity index (χ3v) is 5.61. The van der Waals surface area contributed by atoms with E-state index in [4.69, 9.17) is 4.74 Å². The van der Waals surface area contributed by atoms with Crippen LogP contribution in [0.5, 0.6) is 0 Å². The van der Waals surface area contributed by atoms with Crippen LogP contribution in [0.25, 0.3) is 0 Å². The Morgan fingerprint density at radius 1 is 1.38 bits per heavy atom. The summed E-state index contributed by atoms with van der Waals surface area (Å²) >= 11 is 1.75. The zero-order chi connectivity index (χ0) is 14.7. The molecule has 3 heterocycles. The maximum atomic E-state index is 5.88. The maximum Gasteiger partial charge on any atom is 0.185 e. The number of rotatable bonds is 5. The Morgan fingerprint density at radius 2 is 2.19 bits per heavy atom. The summed E-state index contributed by atoms with van der Waals surface area (Å²) in [5.41, 5.74) is 0. The lowest BCUT2D eigenvalue weighted by atomic mass is 9.92. The second-order valence-electron chi connectivity index (χ2n) is 6.61. The van der Waals surface area contributed by atoms with Gasteiger partial charge in [0.2, 0.25) is 0 Å². The number of hydrogen-bond acceptors (Lipinski definition) is 5. The Hall–Kier alpha value is -0.650. The fourth-order valence-electron chi connectivity index (χ4n) is 3.58. The van der Waals surface area contributed by atoms with Crippen molar-refractivity contribution in [3.8, 4) is 0 Å². The van der Waals surface area contributed by atoms with E-state index in [9.17, 15) is 0 Å². The van der Waals surface area contributed by atoms with E-state index in [-0.39, 0.29) is 0 Å². The van der Waals surface area contributed by atoms with Crippen molar-refractivity contribution < 1.29 is 4.74 Å². The fraction of sp³-hybridized carbons (Fsp3) is 0.812. The highest BCUT2D eigenvalue weighted by molar-refractivity contribution is 7.13. The van der Waals surface area contributed by atoms with Gasteiger partial charge < -0.3 is 15.0 Å². The number of aromatic nitrogens is 1. The van der Waals surface area contributed by atoms with E-state index < -0.39 is 0 Å². The zero-order valence-electron chi connectivity index (χ0n) is 13.1. The van der Waals surface area contributed by atoms with Gasteiger partial charge in [0.05, 0.1) is 6.10 Å². The Morgan fingerprint density at radius 3 is 2.86 bits per heavy atom. The molecule has 1 N–H and O–H groups in total. The highest BCUT2D eigenvalue weighted by atomic mass is 32.1. The smallest absolute Gasteiger partial charge is 0.185 e. The minimum Gasteiger partial charge on any atom is -0.378 e. The molecule has 118 valence electrons. The Balaban J connectivity index is 1.41. The molecule has 0 spiro atoms. The van der Waals surface area contributed by atoms with E-state index in [0.29, 0.717) is 24.0 Å². The number of anilines is 1. The molecule has 0 aliphatic carbocycles. The van der Waals surface area contributed by atoms with Gasteiger partial charge in [-0.15, -0.1) is 11.3 Å². The quantitative estimate of drug-likeness (QED) is 0.907. The van der Waals surface area contributed by atoms with Crippen molar-refractivity contribution in [3.63, 3.8) is 0 Å². The number of nitrogens with zero attached hydrogens (tertiary/aromatic N) is 2. The molecule has 0 aromatic carbocycles. The molecule has 1 aromatic rings. The van der Waals surface area contributed by atoms with Crippen molar-refractivity contribution in [1.29, 1.82) is 0 Å². The molecular formula is C16H27N3OS. The Labute approximate surface area is 131 Å². The molecule has 4 nitrogen and oxygen atoms in total. The molecule has 0 amide bonds. The van der Waals surface area contributed by atoms with Crippen LogP contribution in [0.15, 0.2) is 11.6 Å². The summed E-state index contributed by atoms with van der Waals surface area (Å²) in [6, 6.07) is 0.662. The van der Waals surface area contributed by atoms with Crippen molar-refractivity contribution in [2.75, 3.05) is 31.1 Å². The molecule has 2 saturated heterocycles. The van der Waals surface area contributed by atoms with Crippen molar-refractivity contribution >= 4 is 16.5 Å². The molecule has 2 fully saturated rings. The van der Waals surface area contributed by atoms with Gasteiger partial charge in [-0.05, 0) is 31.1 Å². The predicted octanol–water partition coefficient (Wildman–Crippen LogP) is 2.76. The number of ether oxygens (including phenoxy) is 1. The third-order valence-electron chi connectivity index (χ3n) is 4.77. The summed E-state index contributed by atoms with van der Waals surface area (Å²) in [6.45, 7) is 8.85. The lowest BCUT2D eigenvalue weighted by Crippen LogP contribution is -2.45. The summed E-state index contributed by atoms with van der Waals surface area (Å²) in [6.07, 6.45) is 6.01. The molecule has 0 unspecified atom stereocenters. The van der Waals surface area contributed by atoms with E-state index >= 15 is 0 Å². The molecule has 0 bridgehead atoms. The van der Waals surface area contributed by atoms with Crippen molar-refractivity contribution in [2.45, 2.75) is 45.3 Å². The molecule has 1 aromatic heterocycles. The van der Waals surface area contributed by atoms with Crippen molar-refractivity contribution in [3.05, 3.63) is 11.6 Å². The first kappa shape index (κ1) is 15.3. The van der Waals surface area contributed by atoms with Crippen LogP contribution in [0.1, 0.15) is 33.1 Å². The van der Waals surface area contributed by atoms with Crippen LogP contribution in [0.2, 0.25) is 0 Å². The number of hydrogen-bond donors (Lipinski definition) is 1. The van der Waals surface area contributed by atoms with Gasteiger partial charge in [-0.3, -0.25) is 0 Å². The molecule has 0 radical (unpaired) electrons. The van der Waals surface area contributed by atoms with Crippen LogP contribution in [-0.4, -0.2) is 43.4 Å². The third kappa shape index (κ3) is 3.76. The molecule has 2 aliphatic rings. The Kier molecular flexibility index (Phi) is 5.14. The van der Waals surface area contributed by atoms with Crippen LogP contribution in [0.3, 0.4) is 0 Å². The lowest BCUT2D eigenvalue weighted by Gasteiger charge is -2.33. The number of thiazole rings is 1. The van der Waals surface area contributed by atoms with E-state index in [2.05, 4.69) is 34.4 Å². The highest BCUT2D eigenvalue weighted by Crippen LogP contribution is 2.27. The van der Waals surface area contributed by atoms with E-state index in [1.807, 2.05) is 6.20 Å². The van der Waals surface area contributed by atoms with Gasteiger partial charge in [0.15, 0.2) is 5.13 Å². The van der Waals surface area contributed by atoms with Gasteiger partial charge in [-0.2, -0.15) is 0 Å².